The van der Waals surface area contributed by atoms with Gasteiger partial charge >= 0.3 is 0 Å². The number of thiophene rings is 1. The lowest BCUT2D eigenvalue weighted by atomic mass is 10.1. The van der Waals surface area contributed by atoms with Gasteiger partial charge in [0.1, 0.15) is 5.69 Å². The van der Waals surface area contributed by atoms with E-state index in [1.165, 1.54) is 6.42 Å². The highest BCUT2D eigenvalue weighted by Crippen LogP contribution is 2.33. The van der Waals surface area contributed by atoms with Crippen molar-refractivity contribution in [3.8, 4) is 0 Å². The number of hydrogen-bond donors (Lipinski definition) is 0. The zero-order valence-corrected chi connectivity index (χ0v) is 17.9. The number of ether oxygens (including phenoxy) is 1. The Labute approximate surface area is 171 Å². The van der Waals surface area contributed by atoms with Gasteiger partial charge in [-0.15, -0.1) is 11.3 Å². The lowest BCUT2D eigenvalue weighted by molar-refractivity contribution is -0.130. The molecule has 8 heteroatoms. The minimum atomic E-state index is 0.0496. The molecule has 2 aliphatic rings. The van der Waals surface area contributed by atoms with Gasteiger partial charge in [0, 0.05) is 46.3 Å². The first-order valence-electron chi connectivity index (χ1n) is 9.48. The summed E-state index contributed by atoms with van der Waals surface area (Å²) in [6, 6.07) is 4.10. The van der Waals surface area contributed by atoms with E-state index in [0.717, 1.165) is 39.1 Å². The highest BCUT2D eigenvalue weighted by atomic mass is 79.9. The second-order valence-electron chi connectivity index (χ2n) is 7.23. The highest BCUT2D eigenvalue weighted by molar-refractivity contribution is 9.11. The summed E-state index contributed by atoms with van der Waals surface area (Å²) in [5.74, 6) is 0.124. The molecule has 2 fully saturated rings. The molecule has 4 rings (SSSR count). The number of piperazine rings is 1. The number of hydrogen-bond acceptors (Lipinski definition) is 4. The van der Waals surface area contributed by atoms with Crippen LogP contribution in [0.25, 0.3) is 10.2 Å². The zero-order valence-electron chi connectivity index (χ0n) is 15.4. The van der Waals surface area contributed by atoms with E-state index >= 15 is 0 Å². The van der Waals surface area contributed by atoms with Gasteiger partial charge in [-0.1, -0.05) is 0 Å². The van der Waals surface area contributed by atoms with Crippen molar-refractivity contribution < 1.29 is 14.3 Å². The third-order valence-corrected chi connectivity index (χ3v) is 7.03. The Morgan fingerprint density at radius 3 is 2.59 bits per heavy atom. The number of aromatic nitrogens is 1. The van der Waals surface area contributed by atoms with Gasteiger partial charge in [0.25, 0.3) is 5.91 Å². The van der Waals surface area contributed by atoms with Crippen LogP contribution < -0.4 is 0 Å². The molecular weight excluding hydrogens is 430 g/mol. The Kier molecular flexibility index (Phi) is 5.57. The number of carbonyl (C=O) groups excluding carboxylic acids is 2. The van der Waals surface area contributed by atoms with Crippen LogP contribution in [0.2, 0.25) is 0 Å². The molecule has 27 heavy (non-hydrogen) atoms. The Balaban J connectivity index is 1.58. The van der Waals surface area contributed by atoms with E-state index in [1.54, 1.807) is 23.2 Å². The molecule has 4 heterocycles. The summed E-state index contributed by atoms with van der Waals surface area (Å²) >= 11 is 5.21. The minimum absolute atomic E-state index is 0.0496. The predicted octanol–water partition coefficient (Wildman–Crippen LogP) is 3.34. The van der Waals surface area contributed by atoms with Crippen molar-refractivity contribution in [2.24, 2.45) is 0 Å². The van der Waals surface area contributed by atoms with Crippen LogP contribution in [0, 0.1) is 0 Å². The van der Waals surface area contributed by atoms with Gasteiger partial charge in [-0.3, -0.25) is 9.59 Å². The van der Waals surface area contributed by atoms with Crippen LogP contribution in [0.5, 0.6) is 0 Å². The van der Waals surface area contributed by atoms with Crippen LogP contribution in [-0.4, -0.2) is 65.1 Å². The third-order valence-electron chi connectivity index (χ3n) is 5.45. The summed E-state index contributed by atoms with van der Waals surface area (Å²) in [7, 11) is 0. The molecule has 0 spiro atoms. The van der Waals surface area contributed by atoms with Gasteiger partial charge in [0.05, 0.1) is 20.1 Å². The summed E-state index contributed by atoms with van der Waals surface area (Å²) in [5, 5.41) is 0. The molecule has 6 nitrogen and oxygen atoms in total. The van der Waals surface area contributed by atoms with Gasteiger partial charge in [0.2, 0.25) is 5.91 Å². The summed E-state index contributed by atoms with van der Waals surface area (Å²) < 4.78 is 10.2. The Hall–Kier alpha value is -1.38. The molecule has 0 radical (unpaired) electrons. The van der Waals surface area contributed by atoms with Crippen LogP contribution in [-0.2, 0) is 16.1 Å². The third kappa shape index (κ3) is 3.93. The maximum Gasteiger partial charge on any atom is 0.270 e. The molecule has 146 valence electrons. The summed E-state index contributed by atoms with van der Waals surface area (Å²) in [6.07, 6.45) is 3.50. The van der Waals surface area contributed by atoms with Crippen LogP contribution >= 0.6 is 27.3 Å². The standard InChI is InChI=1S/C19H24BrN3O3S/c1-13(24)21-5-7-22(8-6-21)19(25)16-10-17-15(11-18(20)27-17)23(16)12-14-4-2-3-9-26-14/h10-11,14H,2-9,12H2,1H3. The zero-order chi connectivity index (χ0) is 19.0. The number of nitrogens with zero attached hydrogens (tertiary/aromatic N) is 3. The molecular formula is C19H24BrN3O3S. The quantitative estimate of drug-likeness (QED) is 0.715. The van der Waals surface area contributed by atoms with Crippen molar-refractivity contribution in [1.29, 1.82) is 0 Å². The molecule has 1 atom stereocenters. The first-order chi connectivity index (χ1) is 13.0. The van der Waals surface area contributed by atoms with Crippen molar-refractivity contribution in [2.45, 2.75) is 38.8 Å². The summed E-state index contributed by atoms with van der Waals surface area (Å²) in [5.41, 5.74) is 1.82. The molecule has 2 amide bonds. The average molecular weight is 454 g/mol. The first kappa shape index (κ1) is 19.0. The lowest BCUT2D eigenvalue weighted by Gasteiger charge is -2.34. The van der Waals surface area contributed by atoms with Crippen molar-refractivity contribution in [3.63, 3.8) is 0 Å². The molecule has 0 N–H and O–H groups in total. The molecule has 0 aliphatic carbocycles. The van der Waals surface area contributed by atoms with Crippen molar-refractivity contribution >= 4 is 49.3 Å². The van der Waals surface area contributed by atoms with Gasteiger partial charge in [-0.2, -0.15) is 0 Å². The maximum absolute atomic E-state index is 13.2. The molecule has 1 unspecified atom stereocenters. The van der Waals surface area contributed by atoms with Gasteiger partial charge < -0.3 is 19.1 Å². The molecule has 0 saturated carbocycles. The van der Waals surface area contributed by atoms with E-state index in [9.17, 15) is 9.59 Å². The average Bonchev–Trinajstić information content (AvgIpc) is 3.19. The van der Waals surface area contributed by atoms with Crippen LogP contribution in [0.3, 0.4) is 0 Å². The van der Waals surface area contributed by atoms with E-state index in [0.29, 0.717) is 32.7 Å². The number of halogens is 1. The number of carbonyl (C=O) groups is 2. The number of fused-ring (bicyclic) bond motifs is 1. The topological polar surface area (TPSA) is 54.8 Å². The fourth-order valence-corrected chi connectivity index (χ4v) is 5.49. The fraction of sp³-hybridized carbons (Fsp3) is 0.579. The van der Waals surface area contributed by atoms with Crippen molar-refractivity contribution in [2.75, 3.05) is 32.8 Å². The summed E-state index contributed by atoms with van der Waals surface area (Å²) in [6.45, 7) is 5.47. The second kappa shape index (κ2) is 7.93. The Morgan fingerprint density at radius 1 is 1.19 bits per heavy atom. The van der Waals surface area contributed by atoms with E-state index in [-0.39, 0.29) is 17.9 Å². The smallest absolute Gasteiger partial charge is 0.270 e. The summed E-state index contributed by atoms with van der Waals surface area (Å²) in [4.78, 5) is 28.4. The highest BCUT2D eigenvalue weighted by Gasteiger charge is 2.28. The monoisotopic (exact) mass is 453 g/mol. The molecule has 0 aromatic carbocycles. The largest absolute Gasteiger partial charge is 0.376 e. The van der Waals surface area contributed by atoms with Gasteiger partial charge in [-0.25, -0.2) is 0 Å². The minimum Gasteiger partial charge on any atom is -0.376 e. The Morgan fingerprint density at radius 2 is 1.93 bits per heavy atom. The SMILES string of the molecule is CC(=O)N1CCN(C(=O)c2cc3sc(Br)cc3n2CC2CCCCO2)CC1. The molecule has 2 aliphatic heterocycles. The second-order valence-corrected chi connectivity index (χ2v) is 9.69. The van der Waals surface area contributed by atoms with Gasteiger partial charge in [0.15, 0.2) is 0 Å². The number of amides is 2. The first-order valence-corrected chi connectivity index (χ1v) is 11.1. The van der Waals surface area contributed by atoms with E-state index in [2.05, 4.69) is 26.6 Å². The van der Waals surface area contributed by atoms with E-state index in [4.69, 9.17) is 4.74 Å². The number of rotatable bonds is 3. The lowest BCUT2D eigenvalue weighted by Crippen LogP contribution is -2.50. The Bertz CT molecular complexity index is 848. The predicted molar refractivity (Wildman–Crippen MR) is 109 cm³/mol. The van der Waals surface area contributed by atoms with Crippen LogP contribution in [0.1, 0.15) is 36.7 Å². The molecule has 0 bridgehead atoms. The molecule has 2 aromatic heterocycles. The van der Waals surface area contributed by atoms with Crippen LogP contribution in [0.15, 0.2) is 15.9 Å². The van der Waals surface area contributed by atoms with Gasteiger partial charge in [-0.05, 0) is 47.3 Å². The molecule has 2 aromatic rings. The van der Waals surface area contributed by atoms with Crippen molar-refractivity contribution in [1.82, 2.24) is 14.4 Å². The fourth-order valence-electron chi connectivity index (χ4n) is 3.93. The van der Waals surface area contributed by atoms with Crippen molar-refractivity contribution in [3.05, 3.63) is 21.6 Å². The molecule has 2 saturated heterocycles. The normalized spacial score (nSPS) is 21.0. The van der Waals surface area contributed by atoms with E-state index < -0.39 is 0 Å². The maximum atomic E-state index is 13.2. The van der Waals surface area contributed by atoms with Crippen LogP contribution in [0.4, 0.5) is 0 Å². The van der Waals surface area contributed by atoms with E-state index in [1.807, 2.05) is 11.0 Å².